The van der Waals surface area contributed by atoms with Gasteiger partial charge in [0.15, 0.2) is 0 Å². The first-order valence-electron chi connectivity index (χ1n) is 6.08. The molecule has 0 saturated carbocycles. The number of hydrogen-bond acceptors (Lipinski definition) is 3. The van der Waals surface area contributed by atoms with Gasteiger partial charge >= 0.3 is 6.36 Å². The Morgan fingerprint density at radius 3 is 2.65 bits per heavy atom. The van der Waals surface area contributed by atoms with Crippen LogP contribution < -0.4 is 9.64 Å². The predicted molar refractivity (Wildman–Crippen MR) is 65.4 cm³/mol. The summed E-state index contributed by atoms with van der Waals surface area (Å²) in [5.74, 6) is -0.589. The van der Waals surface area contributed by atoms with Gasteiger partial charge in [-0.05, 0) is 30.7 Å². The summed E-state index contributed by atoms with van der Waals surface area (Å²) in [7, 11) is 0. The van der Waals surface area contributed by atoms with Crippen molar-refractivity contribution in [2.45, 2.75) is 19.7 Å². The Labute approximate surface area is 113 Å². The van der Waals surface area contributed by atoms with Gasteiger partial charge in [-0.3, -0.25) is 4.79 Å². The molecule has 20 heavy (non-hydrogen) atoms. The van der Waals surface area contributed by atoms with Crippen LogP contribution in [0.2, 0.25) is 0 Å². The lowest BCUT2D eigenvalue weighted by Gasteiger charge is -2.20. The topological polar surface area (TPSA) is 49.8 Å². The van der Waals surface area contributed by atoms with Crippen LogP contribution in [0.3, 0.4) is 0 Å². The van der Waals surface area contributed by atoms with Gasteiger partial charge in [-0.15, -0.1) is 13.2 Å². The number of halogens is 3. The number of nitrogens with zero attached hydrogens (tertiary/aromatic N) is 1. The fourth-order valence-electron chi connectivity index (χ4n) is 2.26. The normalized spacial score (nSPS) is 19.6. The molecule has 1 aromatic rings. The summed E-state index contributed by atoms with van der Waals surface area (Å²) in [5, 5.41) is 9.07. The lowest BCUT2D eigenvalue weighted by atomic mass is 10.1. The maximum atomic E-state index is 12.1. The number of aryl methyl sites for hydroxylation is 1. The van der Waals surface area contributed by atoms with E-state index in [1.165, 1.54) is 23.1 Å². The summed E-state index contributed by atoms with van der Waals surface area (Å²) in [5.41, 5.74) is 1.05. The monoisotopic (exact) mass is 289 g/mol. The average Bonchev–Trinajstić information content (AvgIpc) is 2.69. The molecule has 1 aliphatic rings. The molecule has 110 valence electrons. The molecule has 1 aromatic carbocycles. The quantitative estimate of drug-likeness (QED) is 0.928. The van der Waals surface area contributed by atoms with Crippen molar-refractivity contribution in [1.29, 1.82) is 0 Å². The standard InChI is InChI=1S/C13H14F3NO3/c1-8-4-10(20-13(14,15)16)2-3-11(8)17-6-9(7-18)5-12(17)19/h2-4,9,18H,5-7H2,1H3. The van der Waals surface area contributed by atoms with Gasteiger partial charge in [0.05, 0.1) is 0 Å². The molecule has 0 aromatic heterocycles. The third-order valence-corrected chi connectivity index (χ3v) is 3.16. The first kappa shape index (κ1) is 14.6. The van der Waals surface area contributed by atoms with E-state index in [-0.39, 0.29) is 30.6 Å². The summed E-state index contributed by atoms with van der Waals surface area (Å²) in [4.78, 5) is 13.3. The van der Waals surface area contributed by atoms with Crippen LogP contribution in [0.25, 0.3) is 0 Å². The third kappa shape index (κ3) is 3.22. The molecule has 0 bridgehead atoms. The van der Waals surface area contributed by atoms with E-state index in [0.717, 1.165) is 0 Å². The van der Waals surface area contributed by atoms with E-state index in [1.54, 1.807) is 6.92 Å². The van der Waals surface area contributed by atoms with Crippen molar-refractivity contribution < 1.29 is 27.8 Å². The number of carbonyl (C=O) groups is 1. The van der Waals surface area contributed by atoms with Crippen LogP contribution in [-0.2, 0) is 4.79 Å². The molecule has 0 aliphatic carbocycles. The molecular formula is C13H14F3NO3. The molecule has 1 saturated heterocycles. The molecule has 0 radical (unpaired) electrons. The second-order valence-electron chi connectivity index (χ2n) is 4.75. The molecule has 4 nitrogen and oxygen atoms in total. The van der Waals surface area contributed by atoms with Gasteiger partial charge < -0.3 is 14.7 Å². The van der Waals surface area contributed by atoms with Gasteiger partial charge in [0.1, 0.15) is 5.75 Å². The van der Waals surface area contributed by atoms with E-state index in [4.69, 9.17) is 5.11 Å². The number of aliphatic hydroxyl groups is 1. The summed E-state index contributed by atoms with van der Waals surface area (Å²) in [6, 6.07) is 3.84. The van der Waals surface area contributed by atoms with Crippen LogP contribution in [0, 0.1) is 12.8 Å². The summed E-state index contributed by atoms with van der Waals surface area (Å²) < 4.78 is 40.2. The lowest BCUT2D eigenvalue weighted by Crippen LogP contribution is -2.25. The van der Waals surface area contributed by atoms with Crippen LogP contribution in [0.1, 0.15) is 12.0 Å². The largest absolute Gasteiger partial charge is 0.573 e. The summed E-state index contributed by atoms with van der Waals surface area (Å²) in [6.07, 6.45) is -4.49. The Morgan fingerprint density at radius 2 is 2.15 bits per heavy atom. The van der Waals surface area contributed by atoms with E-state index in [2.05, 4.69) is 4.74 Å². The Kier molecular flexibility index (Phi) is 3.89. The molecule has 1 aliphatic heterocycles. The molecule has 0 spiro atoms. The number of aliphatic hydroxyl groups excluding tert-OH is 1. The van der Waals surface area contributed by atoms with Crippen LogP contribution in [0.4, 0.5) is 18.9 Å². The Balaban J connectivity index is 2.20. The lowest BCUT2D eigenvalue weighted by molar-refractivity contribution is -0.274. The minimum atomic E-state index is -4.74. The fourth-order valence-corrected chi connectivity index (χ4v) is 2.26. The highest BCUT2D eigenvalue weighted by atomic mass is 19.4. The van der Waals surface area contributed by atoms with Crippen molar-refractivity contribution in [3.8, 4) is 5.75 Å². The van der Waals surface area contributed by atoms with Crippen LogP contribution in [-0.4, -0.2) is 30.5 Å². The van der Waals surface area contributed by atoms with Crippen LogP contribution in [0.5, 0.6) is 5.75 Å². The second-order valence-corrected chi connectivity index (χ2v) is 4.75. The van der Waals surface area contributed by atoms with Gasteiger partial charge in [0.25, 0.3) is 0 Å². The van der Waals surface area contributed by atoms with Crippen molar-refractivity contribution in [2.24, 2.45) is 5.92 Å². The van der Waals surface area contributed by atoms with Gasteiger partial charge in [-0.25, -0.2) is 0 Å². The molecule has 1 atom stereocenters. The number of benzene rings is 1. The highest BCUT2D eigenvalue weighted by Gasteiger charge is 2.33. The smallest absolute Gasteiger partial charge is 0.406 e. The number of ether oxygens (including phenoxy) is 1. The molecule has 2 rings (SSSR count). The van der Waals surface area contributed by atoms with Crippen molar-refractivity contribution in [3.63, 3.8) is 0 Å². The van der Waals surface area contributed by atoms with Crippen LogP contribution in [0.15, 0.2) is 18.2 Å². The van der Waals surface area contributed by atoms with E-state index in [0.29, 0.717) is 17.8 Å². The molecule has 1 fully saturated rings. The Bertz CT molecular complexity index is 516. The fraction of sp³-hybridized carbons (Fsp3) is 0.462. The minimum Gasteiger partial charge on any atom is -0.406 e. The van der Waals surface area contributed by atoms with Crippen molar-refractivity contribution in [1.82, 2.24) is 0 Å². The number of anilines is 1. The summed E-state index contributed by atoms with van der Waals surface area (Å²) in [6.45, 7) is 1.89. The Morgan fingerprint density at radius 1 is 1.45 bits per heavy atom. The third-order valence-electron chi connectivity index (χ3n) is 3.16. The SMILES string of the molecule is Cc1cc(OC(F)(F)F)ccc1N1CC(CO)CC1=O. The minimum absolute atomic E-state index is 0.0867. The first-order valence-corrected chi connectivity index (χ1v) is 6.08. The number of hydrogen-bond donors (Lipinski definition) is 1. The second kappa shape index (κ2) is 5.32. The highest BCUT2D eigenvalue weighted by Crippen LogP contribution is 2.31. The van der Waals surface area contributed by atoms with E-state index < -0.39 is 6.36 Å². The number of amides is 1. The zero-order valence-corrected chi connectivity index (χ0v) is 10.8. The van der Waals surface area contributed by atoms with Gasteiger partial charge in [-0.2, -0.15) is 0 Å². The van der Waals surface area contributed by atoms with Crippen LogP contribution >= 0.6 is 0 Å². The molecule has 1 N–H and O–H groups in total. The van der Waals surface area contributed by atoms with Gasteiger partial charge in [-0.1, -0.05) is 0 Å². The molecule has 1 amide bonds. The molecule has 1 unspecified atom stereocenters. The maximum absolute atomic E-state index is 12.1. The average molecular weight is 289 g/mol. The summed E-state index contributed by atoms with van der Waals surface area (Å²) >= 11 is 0. The zero-order valence-electron chi connectivity index (χ0n) is 10.8. The number of alkyl halides is 3. The van der Waals surface area contributed by atoms with E-state index in [1.807, 2.05) is 0 Å². The predicted octanol–water partition coefficient (Wildman–Crippen LogP) is 2.24. The Hall–Kier alpha value is -1.76. The van der Waals surface area contributed by atoms with E-state index >= 15 is 0 Å². The van der Waals surface area contributed by atoms with Crippen molar-refractivity contribution >= 4 is 11.6 Å². The highest BCUT2D eigenvalue weighted by molar-refractivity contribution is 5.96. The number of rotatable bonds is 3. The molecular weight excluding hydrogens is 275 g/mol. The first-order chi connectivity index (χ1) is 9.30. The molecule has 7 heteroatoms. The van der Waals surface area contributed by atoms with Gasteiger partial charge in [0.2, 0.25) is 5.91 Å². The molecule has 1 heterocycles. The number of carbonyl (C=O) groups excluding carboxylic acids is 1. The van der Waals surface area contributed by atoms with Gasteiger partial charge in [0, 0.05) is 31.2 Å². The van der Waals surface area contributed by atoms with E-state index in [9.17, 15) is 18.0 Å². The zero-order chi connectivity index (χ0) is 14.9. The van der Waals surface area contributed by atoms with Crippen molar-refractivity contribution in [3.05, 3.63) is 23.8 Å². The maximum Gasteiger partial charge on any atom is 0.573 e. The van der Waals surface area contributed by atoms with Crippen molar-refractivity contribution in [2.75, 3.05) is 18.1 Å².